The Morgan fingerprint density at radius 1 is 1.21 bits per heavy atom. The van der Waals surface area contributed by atoms with Crippen molar-refractivity contribution in [2.24, 2.45) is 0 Å². The van der Waals surface area contributed by atoms with Crippen LogP contribution in [0, 0.1) is 0 Å². The molecule has 1 aromatic carbocycles. The average Bonchev–Trinajstić information content (AvgIpc) is 3.01. The molecule has 0 bridgehead atoms. The molecule has 1 N–H and O–H groups in total. The minimum absolute atomic E-state index is 0.0209. The van der Waals surface area contributed by atoms with E-state index in [-0.39, 0.29) is 5.91 Å². The van der Waals surface area contributed by atoms with Crippen molar-refractivity contribution in [3.8, 4) is 5.69 Å². The molecule has 0 aliphatic carbocycles. The van der Waals surface area contributed by atoms with Gasteiger partial charge in [0.05, 0.1) is 11.3 Å². The first-order valence-corrected chi connectivity index (χ1v) is 6.18. The van der Waals surface area contributed by atoms with E-state index in [1.165, 1.54) is 11.0 Å². The molecule has 0 unspecified atom stereocenters. The van der Waals surface area contributed by atoms with Crippen LogP contribution in [-0.4, -0.2) is 57.2 Å². The Bertz CT molecular complexity index is 561. The van der Waals surface area contributed by atoms with Crippen LogP contribution in [-0.2, 0) is 0 Å². The lowest BCUT2D eigenvalue weighted by molar-refractivity contribution is 0.0735. The zero-order valence-electron chi connectivity index (χ0n) is 10.4. The first-order valence-electron chi connectivity index (χ1n) is 6.18. The third-order valence-corrected chi connectivity index (χ3v) is 3.13. The van der Waals surface area contributed by atoms with Gasteiger partial charge in [-0.25, -0.2) is 0 Å². The lowest BCUT2D eigenvalue weighted by Crippen LogP contribution is -2.46. The molecule has 1 aliphatic rings. The van der Waals surface area contributed by atoms with Gasteiger partial charge in [-0.05, 0) is 22.6 Å². The zero-order valence-corrected chi connectivity index (χ0v) is 10.4. The summed E-state index contributed by atoms with van der Waals surface area (Å²) in [7, 11) is 0. The summed E-state index contributed by atoms with van der Waals surface area (Å²) in [6, 6.07) is 7.36. The Morgan fingerprint density at radius 3 is 2.74 bits per heavy atom. The molecular weight excluding hydrogens is 244 g/mol. The van der Waals surface area contributed by atoms with Crippen LogP contribution < -0.4 is 5.32 Å². The molecule has 0 radical (unpaired) electrons. The number of amides is 1. The molecule has 2 aromatic rings. The highest BCUT2D eigenvalue weighted by Crippen LogP contribution is 2.15. The summed E-state index contributed by atoms with van der Waals surface area (Å²) < 4.78 is 1.51. The van der Waals surface area contributed by atoms with E-state index in [1.54, 1.807) is 6.07 Å². The van der Waals surface area contributed by atoms with Gasteiger partial charge in [0.2, 0.25) is 0 Å². The van der Waals surface area contributed by atoms with Gasteiger partial charge in [-0.1, -0.05) is 12.1 Å². The van der Waals surface area contributed by atoms with E-state index in [4.69, 9.17) is 0 Å². The molecule has 1 saturated heterocycles. The minimum atomic E-state index is 0.0209. The summed E-state index contributed by atoms with van der Waals surface area (Å²) in [4.78, 5) is 14.4. The number of tetrazole rings is 1. The van der Waals surface area contributed by atoms with Gasteiger partial charge in [0.15, 0.2) is 0 Å². The molecule has 7 nitrogen and oxygen atoms in total. The number of hydrogen-bond acceptors (Lipinski definition) is 5. The highest BCUT2D eigenvalue weighted by molar-refractivity contribution is 5.97. The second-order valence-corrected chi connectivity index (χ2v) is 4.31. The minimum Gasteiger partial charge on any atom is -0.336 e. The number of rotatable bonds is 2. The van der Waals surface area contributed by atoms with Crippen LogP contribution in [0.15, 0.2) is 30.6 Å². The number of benzene rings is 1. The van der Waals surface area contributed by atoms with Crippen molar-refractivity contribution in [1.82, 2.24) is 30.4 Å². The summed E-state index contributed by atoms with van der Waals surface area (Å²) in [5.74, 6) is 0.0209. The van der Waals surface area contributed by atoms with Gasteiger partial charge in [0.1, 0.15) is 6.33 Å². The van der Waals surface area contributed by atoms with Crippen LogP contribution in [0.2, 0.25) is 0 Å². The normalized spacial score (nSPS) is 15.5. The Balaban J connectivity index is 1.94. The molecule has 1 fully saturated rings. The number of carbonyl (C=O) groups is 1. The lowest BCUT2D eigenvalue weighted by atomic mass is 10.1. The molecule has 0 saturated carbocycles. The third-order valence-electron chi connectivity index (χ3n) is 3.13. The summed E-state index contributed by atoms with van der Waals surface area (Å²) in [6.07, 6.45) is 1.49. The third kappa shape index (κ3) is 2.32. The molecule has 2 heterocycles. The van der Waals surface area contributed by atoms with Gasteiger partial charge < -0.3 is 10.2 Å². The molecule has 0 spiro atoms. The summed E-state index contributed by atoms with van der Waals surface area (Å²) in [6.45, 7) is 3.11. The van der Waals surface area contributed by atoms with Crippen LogP contribution >= 0.6 is 0 Å². The van der Waals surface area contributed by atoms with E-state index < -0.39 is 0 Å². The van der Waals surface area contributed by atoms with Crippen LogP contribution in [0.3, 0.4) is 0 Å². The standard InChI is InChI=1S/C12H14N6O/c19-12(17-7-5-13-6-8-17)10-3-1-2-4-11(10)18-9-14-15-16-18/h1-4,9,13H,5-8H2. The van der Waals surface area contributed by atoms with Gasteiger partial charge in [-0.3, -0.25) is 4.79 Å². The fraction of sp³-hybridized carbons (Fsp3) is 0.333. The molecule has 0 atom stereocenters. The van der Waals surface area contributed by atoms with E-state index in [1.807, 2.05) is 23.1 Å². The fourth-order valence-corrected chi connectivity index (χ4v) is 2.16. The van der Waals surface area contributed by atoms with E-state index in [0.29, 0.717) is 11.3 Å². The molecular formula is C12H14N6O. The summed E-state index contributed by atoms with van der Waals surface area (Å²) >= 11 is 0. The van der Waals surface area contributed by atoms with Gasteiger partial charge in [-0.2, -0.15) is 4.68 Å². The van der Waals surface area contributed by atoms with Crippen LogP contribution in [0.25, 0.3) is 5.69 Å². The monoisotopic (exact) mass is 258 g/mol. The van der Waals surface area contributed by atoms with Crippen molar-refractivity contribution in [2.75, 3.05) is 26.2 Å². The van der Waals surface area contributed by atoms with Crippen LogP contribution in [0.4, 0.5) is 0 Å². The van der Waals surface area contributed by atoms with Crippen molar-refractivity contribution < 1.29 is 4.79 Å². The van der Waals surface area contributed by atoms with Gasteiger partial charge >= 0.3 is 0 Å². The number of nitrogens with one attached hydrogen (secondary N) is 1. The molecule has 19 heavy (non-hydrogen) atoms. The van der Waals surface area contributed by atoms with E-state index >= 15 is 0 Å². The number of aromatic nitrogens is 4. The maximum Gasteiger partial charge on any atom is 0.256 e. The van der Waals surface area contributed by atoms with Crippen molar-refractivity contribution in [3.05, 3.63) is 36.2 Å². The van der Waals surface area contributed by atoms with Gasteiger partial charge in [0, 0.05) is 26.2 Å². The molecule has 98 valence electrons. The number of carbonyl (C=O) groups excluding carboxylic acids is 1. The summed E-state index contributed by atoms with van der Waals surface area (Å²) in [5.41, 5.74) is 1.33. The Morgan fingerprint density at radius 2 is 2.00 bits per heavy atom. The first-order chi connectivity index (χ1) is 9.36. The van der Waals surface area contributed by atoms with E-state index in [0.717, 1.165) is 26.2 Å². The molecule has 1 aliphatic heterocycles. The largest absolute Gasteiger partial charge is 0.336 e. The molecule has 1 amide bonds. The Labute approximate surface area is 110 Å². The van der Waals surface area contributed by atoms with Gasteiger partial charge in [-0.15, -0.1) is 5.10 Å². The maximum atomic E-state index is 12.5. The molecule has 3 rings (SSSR count). The predicted octanol–water partition coefficient (Wildman–Crippen LogP) is -0.292. The summed E-state index contributed by atoms with van der Waals surface area (Å²) in [5, 5.41) is 14.3. The van der Waals surface area contributed by atoms with Crippen molar-refractivity contribution in [3.63, 3.8) is 0 Å². The Kier molecular flexibility index (Phi) is 3.20. The van der Waals surface area contributed by atoms with Crippen molar-refractivity contribution in [2.45, 2.75) is 0 Å². The highest BCUT2D eigenvalue weighted by Gasteiger charge is 2.21. The van der Waals surface area contributed by atoms with Crippen molar-refractivity contribution >= 4 is 5.91 Å². The lowest BCUT2D eigenvalue weighted by Gasteiger charge is -2.28. The average molecular weight is 258 g/mol. The predicted molar refractivity (Wildman–Crippen MR) is 67.9 cm³/mol. The zero-order chi connectivity index (χ0) is 13.1. The Hall–Kier alpha value is -2.28. The van der Waals surface area contributed by atoms with Crippen LogP contribution in [0.5, 0.6) is 0 Å². The number of hydrogen-bond donors (Lipinski definition) is 1. The van der Waals surface area contributed by atoms with Crippen LogP contribution in [0.1, 0.15) is 10.4 Å². The quantitative estimate of drug-likeness (QED) is 0.801. The SMILES string of the molecule is O=C(c1ccccc1-n1cnnn1)N1CCNCC1. The molecule has 1 aromatic heterocycles. The number of piperazine rings is 1. The second kappa shape index (κ2) is 5.15. The van der Waals surface area contributed by atoms with E-state index in [9.17, 15) is 4.79 Å². The second-order valence-electron chi connectivity index (χ2n) is 4.31. The highest BCUT2D eigenvalue weighted by atomic mass is 16.2. The first kappa shape index (κ1) is 11.8. The molecule has 7 heteroatoms. The van der Waals surface area contributed by atoms with Gasteiger partial charge in [0.25, 0.3) is 5.91 Å². The topological polar surface area (TPSA) is 75.9 Å². The van der Waals surface area contributed by atoms with E-state index in [2.05, 4.69) is 20.8 Å². The number of para-hydroxylation sites is 1. The maximum absolute atomic E-state index is 12.5. The fourth-order valence-electron chi connectivity index (χ4n) is 2.16. The smallest absolute Gasteiger partial charge is 0.256 e. The van der Waals surface area contributed by atoms with Crippen molar-refractivity contribution in [1.29, 1.82) is 0 Å². The number of nitrogens with zero attached hydrogens (tertiary/aromatic N) is 5.